The topological polar surface area (TPSA) is 121 Å². The molecule has 0 saturated carbocycles. The van der Waals surface area contributed by atoms with Crippen molar-refractivity contribution in [3.63, 3.8) is 0 Å². The van der Waals surface area contributed by atoms with Gasteiger partial charge in [-0.1, -0.05) is 19.1 Å². The van der Waals surface area contributed by atoms with Gasteiger partial charge >= 0.3 is 12.0 Å². The quantitative estimate of drug-likeness (QED) is 0.415. The van der Waals surface area contributed by atoms with Gasteiger partial charge in [-0.15, -0.1) is 0 Å². The van der Waals surface area contributed by atoms with E-state index in [0.29, 0.717) is 34.3 Å². The normalized spacial score (nSPS) is 11.8. The van der Waals surface area contributed by atoms with Gasteiger partial charge in [0.1, 0.15) is 11.3 Å². The predicted octanol–water partition coefficient (Wildman–Crippen LogP) is 4.15. The Kier molecular flexibility index (Phi) is 6.30. The molecular formula is C24H23N5O4. The van der Waals surface area contributed by atoms with Gasteiger partial charge in [0.2, 0.25) is 5.91 Å². The van der Waals surface area contributed by atoms with Gasteiger partial charge in [-0.05, 0) is 42.0 Å². The number of hydrogen-bond acceptors (Lipinski definition) is 7. The first-order valence-electron chi connectivity index (χ1n) is 10.4. The smallest absolute Gasteiger partial charge is 0.304 e. The Balaban J connectivity index is 1.43. The number of anilines is 3. The number of nitrogens with zero attached hydrogens (tertiary/aromatic N) is 4. The van der Waals surface area contributed by atoms with Gasteiger partial charge in [0.25, 0.3) is 0 Å². The van der Waals surface area contributed by atoms with Gasteiger partial charge < -0.3 is 14.4 Å². The number of aromatic nitrogens is 3. The Hall–Kier alpha value is -4.27. The zero-order valence-electron chi connectivity index (χ0n) is 18.2. The first-order chi connectivity index (χ1) is 15.9. The summed E-state index contributed by atoms with van der Waals surface area (Å²) in [6, 6.07) is 14.8. The monoisotopic (exact) mass is 445 g/mol. The number of carboxylic acid groups (broad SMARTS) is 1. The molecule has 1 unspecified atom stereocenters. The van der Waals surface area contributed by atoms with Crippen molar-refractivity contribution in [2.45, 2.75) is 25.7 Å². The molecule has 0 bridgehead atoms. The van der Waals surface area contributed by atoms with Gasteiger partial charge in [-0.2, -0.15) is 4.98 Å². The number of amides is 1. The van der Waals surface area contributed by atoms with Gasteiger partial charge in [0, 0.05) is 24.9 Å². The van der Waals surface area contributed by atoms with Crippen LogP contribution < -0.4 is 10.2 Å². The molecule has 0 fully saturated rings. The molecule has 0 aliphatic carbocycles. The van der Waals surface area contributed by atoms with Crippen molar-refractivity contribution in [3.05, 3.63) is 72.2 Å². The highest BCUT2D eigenvalue weighted by Crippen LogP contribution is 2.24. The zero-order valence-corrected chi connectivity index (χ0v) is 18.2. The third kappa shape index (κ3) is 5.32. The lowest BCUT2D eigenvalue weighted by Gasteiger charge is -2.18. The van der Waals surface area contributed by atoms with Crippen LogP contribution in [0.4, 0.5) is 17.5 Å². The Labute approximate surface area is 190 Å². The lowest BCUT2D eigenvalue weighted by molar-refractivity contribution is -0.137. The fourth-order valence-corrected chi connectivity index (χ4v) is 3.37. The molecule has 0 radical (unpaired) electrons. The Morgan fingerprint density at radius 3 is 2.70 bits per heavy atom. The largest absolute Gasteiger partial charge is 0.481 e. The van der Waals surface area contributed by atoms with E-state index in [1.54, 1.807) is 37.6 Å². The Bertz CT molecular complexity index is 1270. The SMILES string of the molecule is CC(CC(=O)O)c1ccc(N(C)C(=O)Cc2ccc3nc(Nc4ccccn4)oc3c2)cn1. The number of hydrogen-bond donors (Lipinski definition) is 2. The van der Waals surface area contributed by atoms with Crippen LogP contribution in [0.15, 0.2) is 65.3 Å². The van der Waals surface area contributed by atoms with Crippen LogP contribution in [0.5, 0.6) is 0 Å². The molecule has 1 atom stereocenters. The molecule has 3 heterocycles. The van der Waals surface area contributed by atoms with Crippen LogP contribution in [0.2, 0.25) is 0 Å². The number of likely N-dealkylation sites (N-methyl/N-ethyl adjacent to an activating group) is 1. The summed E-state index contributed by atoms with van der Waals surface area (Å²) in [5.74, 6) is -0.570. The fourth-order valence-electron chi connectivity index (χ4n) is 3.37. The summed E-state index contributed by atoms with van der Waals surface area (Å²) in [6.45, 7) is 1.81. The summed E-state index contributed by atoms with van der Waals surface area (Å²) >= 11 is 0. The molecule has 33 heavy (non-hydrogen) atoms. The Morgan fingerprint density at radius 1 is 1.15 bits per heavy atom. The third-order valence-corrected chi connectivity index (χ3v) is 5.23. The summed E-state index contributed by atoms with van der Waals surface area (Å²) in [5, 5.41) is 11.9. The third-order valence-electron chi connectivity index (χ3n) is 5.23. The molecular weight excluding hydrogens is 422 g/mol. The summed E-state index contributed by atoms with van der Waals surface area (Å²) < 4.78 is 5.76. The Morgan fingerprint density at radius 2 is 2.00 bits per heavy atom. The summed E-state index contributed by atoms with van der Waals surface area (Å²) in [4.78, 5) is 38.1. The van der Waals surface area contributed by atoms with E-state index in [2.05, 4.69) is 20.3 Å². The van der Waals surface area contributed by atoms with E-state index in [1.807, 2.05) is 37.3 Å². The minimum absolute atomic E-state index is 0.00429. The molecule has 4 aromatic rings. The molecule has 0 saturated heterocycles. The maximum atomic E-state index is 12.8. The van der Waals surface area contributed by atoms with Crippen molar-refractivity contribution < 1.29 is 19.1 Å². The summed E-state index contributed by atoms with van der Waals surface area (Å²) in [5.41, 5.74) is 3.34. The van der Waals surface area contributed by atoms with Crippen molar-refractivity contribution in [2.75, 3.05) is 17.3 Å². The van der Waals surface area contributed by atoms with Gasteiger partial charge in [0.15, 0.2) is 5.58 Å². The van der Waals surface area contributed by atoms with Crippen LogP contribution in [-0.4, -0.2) is 39.0 Å². The van der Waals surface area contributed by atoms with Gasteiger partial charge in [-0.3, -0.25) is 19.9 Å². The number of carboxylic acids is 1. The number of oxazole rings is 1. The molecule has 0 spiro atoms. The highest BCUT2D eigenvalue weighted by atomic mass is 16.4. The van der Waals surface area contributed by atoms with Crippen molar-refractivity contribution in [1.29, 1.82) is 0 Å². The molecule has 1 aromatic carbocycles. The standard InChI is InChI=1S/C24H23N5O4/c1-15(11-23(31)32)18-9-7-17(14-26-18)29(2)22(30)13-16-6-8-19-20(12-16)33-24(27-19)28-21-5-3-4-10-25-21/h3-10,12,14-15H,11,13H2,1-2H3,(H,31,32)(H,25,27,28). The second kappa shape index (κ2) is 9.47. The first kappa shape index (κ1) is 21.9. The van der Waals surface area contributed by atoms with Crippen molar-refractivity contribution in [3.8, 4) is 0 Å². The van der Waals surface area contributed by atoms with Crippen LogP contribution in [0.3, 0.4) is 0 Å². The van der Waals surface area contributed by atoms with Gasteiger partial charge in [-0.25, -0.2) is 4.98 Å². The van der Waals surface area contributed by atoms with E-state index >= 15 is 0 Å². The average Bonchev–Trinajstić information content (AvgIpc) is 3.20. The van der Waals surface area contributed by atoms with Crippen LogP contribution in [0, 0.1) is 0 Å². The van der Waals surface area contributed by atoms with E-state index in [0.717, 1.165) is 5.56 Å². The second-order valence-corrected chi connectivity index (χ2v) is 7.73. The maximum Gasteiger partial charge on any atom is 0.304 e. The summed E-state index contributed by atoms with van der Waals surface area (Å²) in [6.07, 6.45) is 3.43. The number of nitrogens with one attached hydrogen (secondary N) is 1. The molecule has 0 aliphatic heterocycles. The lowest BCUT2D eigenvalue weighted by Crippen LogP contribution is -2.28. The van der Waals surface area contributed by atoms with E-state index in [1.165, 1.54) is 4.90 Å². The number of pyridine rings is 2. The number of aliphatic carboxylic acids is 1. The van der Waals surface area contributed by atoms with Crippen molar-refractivity contribution in [1.82, 2.24) is 15.0 Å². The number of rotatable bonds is 8. The average molecular weight is 445 g/mol. The molecule has 3 aromatic heterocycles. The van der Waals surface area contributed by atoms with E-state index in [4.69, 9.17) is 9.52 Å². The number of carbonyl (C=O) groups is 2. The first-order valence-corrected chi connectivity index (χ1v) is 10.4. The van der Waals surface area contributed by atoms with E-state index in [9.17, 15) is 9.59 Å². The van der Waals surface area contributed by atoms with Gasteiger partial charge in [0.05, 0.1) is 24.7 Å². The molecule has 4 rings (SSSR count). The highest BCUT2D eigenvalue weighted by molar-refractivity contribution is 5.94. The van der Waals surface area contributed by atoms with Crippen LogP contribution in [-0.2, 0) is 16.0 Å². The molecule has 9 heteroatoms. The van der Waals surface area contributed by atoms with E-state index in [-0.39, 0.29) is 24.7 Å². The minimum Gasteiger partial charge on any atom is -0.481 e. The molecule has 9 nitrogen and oxygen atoms in total. The fraction of sp³-hybridized carbons (Fsp3) is 0.208. The molecule has 168 valence electrons. The van der Waals surface area contributed by atoms with Crippen LogP contribution in [0.1, 0.15) is 30.5 Å². The predicted molar refractivity (Wildman–Crippen MR) is 124 cm³/mol. The maximum absolute atomic E-state index is 12.8. The lowest BCUT2D eigenvalue weighted by atomic mass is 10.0. The number of carbonyl (C=O) groups excluding carboxylic acids is 1. The van der Waals surface area contributed by atoms with E-state index < -0.39 is 5.97 Å². The minimum atomic E-state index is -0.871. The summed E-state index contributed by atoms with van der Waals surface area (Å²) in [7, 11) is 1.68. The second-order valence-electron chi connectivity index (χ2n) is 7.73. The van der Waals surface area contributed by atoms with Crippen LogP contribution >= 0.6 is 0 Å². The number of fused-ring (bicyclic) bond motifs is 1. The highest BCUT2D eigenvalue weighted by Gasteiger charge is 2.16. The van der Waals surface area contributed by atoms with Crippen LogP contribution in [0.25, 0.3) is 11.1 Å². The van der Waals surface area contributed by atoms with Crippen molar-refractivity contribution >= 4 is 40.5 Å². The van der Waals surface area contributed by atoms with Crippen molar-refractivity contribution in [2.24, 2.45) is 0 Å². The molecule has 0 aliphatic rings. The zero-order chi connectivity index (χ0) is 23.4. The number of benzene rings is 1. The molecule has 2 N–H and O–H groups in total. The molecule has 1 amide bonds.